The summed E-state index contributed by atoms with van der Waals surface area (Å²) in [6, 6.07) is 7.50. The van der Waals surface area contributed by atoms with E-state index in [0.717, 1.165) is 10.2 Å². The number of rotatable bonds is 5. The minimum atomic E-state index is -0.271. The predicted octanol–water partition coefficient (Wildman–Crippen LogP) is 1.79. The van der Waals surface area contributed by atoms with E-state index in [0.29, 0.717) is 6.61 Å². The van der Waals surface area contributed by atoms with Crippen molar-refractivity contribution in [1.82, 2.24) is 20.3 Å². The van der Waals surface area contributed by atoms with Crippen molar-refractivity contribution in [3.63, 3.8) is 0 Å². The Morgan fingerprint density at radius 2 is 2.25 bits per heavy atom. The summed E-state index contributed by atoms with van der Waals surface area (Å²) < 4.78 is 7.40. The van der Waals surface area contributed by atoms with Crippen LogP contribution in [0.25, 0.3) is 5.69 Å². The molecule has 2 rings (SSSR count). The molecule has 1 heterocycles. The minimum absolute atomic E-state index is 0.0823. The molecule has 0 saturated carbocycles. The highest BCUT2D eigenvalue weighted by atomic mass is 79.9. The molecule has 0 radical (unpaired) electrons. The van der Waals surface area contributed by atoms with Gasteiger partial charge in [0.15, 0.2) is 5.69 Å². The summed E-state index contributed by atoms with van der Waals surface area (Å²) in [6.45, 7) is 2.31. The number of nitrogens with zero attached hydrogens (tertiary/aromatic N) is 3. The van der Waals surface area contributed by atoms with E-state index in [-0.39, 0.29) is 17.6 Å². The van der Waals surface area contributed by atoms with Gasteiger partial charge in [-0.05, 0) is 35.0 Å². The second-order valence-corrected chi connectivity index (χ2v) is 5.18. The molecule has 0 aliphatic rings. The van der Waals surface area contributed by atoms with E-state index >= 15 is 0 Å². The molecule has 20 heavy (non-hydrogen) atoms. The summed E-state index contributed by atoms with van der Waals surface area (Å²) in [5.74, 6) is -0.271. The first kappa shape index (κ1) is 14.7. The molecular formula is C13H15BrN4O2. The van der Waals surface area contributed by atoms with Crippen LogP contribution in [-0.4, -0.2) is 40.7 Å². The standard InChI is InChI=1S/C13H15BrN4O2/c1-9(8-20-2)15-13(19)11-7-18(17-16-11)12-6-4-3-5-10(12)14/h3-7,9H,8H2,1-2H3,(H,15,19). The monoisotopic (exact) mass is 338 g/mol. The van der Waals surface area contributed by atoms with Gasteiger partial charge in [0.1, 0.15) is 0 Å². The number of carbonyl (C=O) groups is 1. The Labute approximate surface area is 125 Å². The number of para-hydroxylation sites is 1. The zero-order valence-electron chi connectivity index (χ0n) is 11.2. The molecule has 6 nitrogen and oxygen atoms in total. The van der Waals surface area contributed by atoms with E-state index < -0.39 is 0 Å². The Hall–Kier alpha value is -1.73. The van der Waals surface area contributed by atoms with Gasteiger partial charge in [0.2, 0.25) is 0 Å². The van der Waals surface area contributed by atoms with Crippen molar-refractivity contribution in [2.45, 2.75) is 13.0 Å². The van der Waals surface area contributed by atoms with Crippen molar-refractivity contribution in [2.24, 2.45) is 0 Å². The number of aromatic nitrogens is 3. The molecule has 0 fully saturated rings. The molecule has 0 saturated heterocycles. The molecule has 1 atom stereocenters. The third kappa shape index (κ3) is 3.43. The quantitative estimate of drug-likeness (QED) is 0.902. The van der Waals surface area contributed by atoms with Crippen molar-refractivity contribution in [3.8, 4) is 5.69 Å². The number of hydrogen-bond donors (Lipinski definition) is 1. The van der Waals surface area contributed by atoms with E-state index in [1.807, 2.05) is 31.2 Å². The fourth-order valence-electron chi connectivity index (χ4n) is 1.71. The van der Waals surface area contributed by atoms with Gasteiger partial charge in [-0.2, -0.15) is 0 Å². The highest BCUT2D eigenvalue weighted by molar-refractivity contribution is 9.10. The van der Waals surface area contributed by atoms with Crippen molar-refractivity contribution >= 4 is 21.8 Å². The van der Waals surface area contributed by atoms with Gasteiger partial charge in [0.25, 0.3) is 5.91 Å². The van der Waals surface area contributed by atoms with Crippen LogP contribution in [-0.2, 0) is 4.74 Å². The molecule has 0 spiro atoms. The fraction of sp³-hybridized carbons (Fsp3) is 0.308. The van der Waals surface area contributed by atoms with E-state index in [1.165, 1.54) is 0 Å². The molecule has 2 aromatic rings. The number of methoxy groups -OCH3 is 1. The molecule has 0 aliphatic heterocycles. The zero-order valence-corrected chi connectivity index (χ0v) is 12.8. The van der Waals surface area contributed by atoms with Gasteiger partial charge < -0.3 is 10.1 Å². The van der Waals surface area contributed by atoms with Gasteiger partial charge in [-0.25, -0.2) is 4.68 Å². The highest BCUT2D eigenvalue weighted by Gasteiger charge is 2.14. The Balaban J connectivity index is 2.13. The van der Waals surface area contributed by atoms with Gasteiger partial charge in [-0.1, -0.05) is 17.3 Å². The highest BCUT2D eigenvalue weighted by Crippen LogP contribution is 2.19. The number of ether oxygens (including phenoxy) is 1. The van der Waals surface area contributed by atoms with Gasteiger partial charge in [0, 0.05) is 17.6 Å². The molecule has 0 aliphatic carbocycles. The molecule has 1 aromatic heterocycles. The SMILES string of the molecule is COCC(C)NC(=O)c1cn(-c2ccccc2Br)nn1. The first-order chi connectivity index (χ1) is 9.61. The number of nitrogens with one attached hydrogen (secondary N) is 1. The van der Waals surface area contributed by atoms with Gasteiger partial charge in [0.05, 0.1) is 18.5 Å². The third-order valence-electron chi connectivity index (χ3n) is 2.62. The maximum Gasteiger partial charge on any atom is 0.273 e. The molecule has 1 aromatic carbocycles. The zero-order chi connectivity index (χ0) is 14.5. The minimum Gasteiger partial charge on any atom is -0.383 e. The van der Waals surface area contributed by atoms with E-state index in [1.54, 1.807) is 18.0 Å². The number of carbonyl (C=O) groups excluding carboxylic acids is 1. The van der Waals surface area contributed by atoms with E-state index in [2.05, 4.69) is 31.6 Å². The molecule has 1 amide bonds. The first-order valence-corrected chi connectivity index (χ1v) is 6.88. The van der Waals surface area contributed by atoms with Crippen LogP contribution >= 0.6 is 15.9 Å². The predicted molar refractivity (Wildman–Crippen MR) is 77.9 cm³/mol. The van der Waals surface area contributed by atoms with E-state index in [4.69, 9.17) is 4.74 Å². The lowest BCUT2D eigenvalue weighted by Gasteiger charge is -2.10. The van der Waals surface area contributed by atoms with Crippen molar-refractivity contribution in [3.05, 3.63) is 40.6 Å². The molecule has 7 heteroatoms. The Kier molecular flexibility index (Phi) is 4.86. The first-order valence-electron chi connectivity index (χ1n) is 6.09. The van der Waals surface area contributed by atoms with Crippen molar-refractivity contribution < 1.29 is 9.53 Å². The van der Waals surface area contributed by atoms with Crippen LogP contribution in [0, 0.1) is 0 Å². The Bertz CT molecular complexity index is 600. The largest absolute Gasteiger partial charge is 0.383 e. The Morgan fingerprint density at radius 3 is 2.95 bits per heavy atom. The van der Waals surface area contributed by atoms with Crippen LogP contribution in [0.15, 0.2) is 34.9 Å². The second kappa shape index (κ2) is 6.62. The summed E-state index contributed by atoms with van der Waals surface area (Å²) in [4.78, 5) is 12.0. The molecule has 1 unspecified atom stereocenters. The normalized spacial score (nSPS) is 12.2. The summed E-state index contributed by atoms with van der Waals surface area (Å²) in [5.41, 5.74) is 1.09. The lowest BCUT2D eigenvalue weighted by Crippen LogP contribution is -2.35. The van der Waals surface area contributed by atoms with Crippen molar-refractivity contribution in [1.29, 1.82) is 0 Å². The van der Waals surface area contributed by atoms with Crippen LogP contribution in [0.2, 0.25) is 0 Å². The summed E-state index contributed by atoms with van der Waals surface area (Å²) in [7, 11) is 1.59. The molecular weight excluding hydrogens is 324 g/mol. The maximum atomic E-state index is 12.0. The summed E-state index contributed by atoms with van der Waals surface area (Å²) in [5, 5.41) is 10.6. The number of benzene rings is 1. The second-order valence-electron chi connectivity index (χ2n) is 4.33. The van der Waals surface area contributed by atoms with Crippen molar-refractivity contribution in [2.75, 3.05) is 13.7 Å². The number of halogens is 1. The maximum absolute atomic E-state index is 12.0. The van der Waals surface area contributed by atoms with Crippen LogP contribution in [0.5, 0.6) is 0 Å². The average molecular weight is 339 g/mol. The number of hydrogen-bond acceptors (Lipinski definition) is 4. The van der Waals surface area contributed by atoms with Crippen LogP contribution < -0.4 is 5.32 Å². The topological polar surface area (TPSA) is 69.0 Å². The molecule has 106 valence electrons. The number of amides is 1. The lowest BCUT2D eigenvalue weighted by molar-refractivity contribution is 0.0900. The van der Waals surface area contributed by atoms with Gasteiger partial charge >= 0.3 is 0 Å². The van der Waals surface area contributed by atoms with Crippen LogP contribution in [0.4, 0.5) is 0 Å². The summed E-state index contributed by atoms with van der Waals surface area (Å²) >= 11 is 3.43. The lowest BCUT2D eigenvalue weighted by atomic mass is 10.3. The molecule has 0 bridgehead atoms. The van der Waals surface area contributed by atoms with E-state index in [9.17, 15) is 4.79 Å². The molecule has 1 N–H and O–H groups in total. The third-order valence-corrected chi connectivity index (χ3v) is 3.29. The van der Waals surface area contributed by atoms with Crippen LogP contribution in [0.3, 0.4) is 0 Å². The smallest absolute Gasteiger partial charge is 0.273 e. The van der Waals surface area contributed by atoms with Gasteiger partial charge in [-0.3, -0.25) is 4.79 Å². The Morgan fingerprint density at radius 1 is 1.50 bits per heavy atom. The van der Waals surface area contributed by atoms with Crippen LogP contribution in [0.1, 0.15) is 17.4 Å². The van der Waals surface area contributed by atoms with Gasteiger partial charge in [-0.15, -0.1) is 5.10 Å². The fourth-order valence-corrected chi connectivity index (χ4v) is 2.18. The average Bonchev–Trinajstić information content (AvgIpc) is 2.89. The summed E-state index contributed by atoms with van der Waals surface area (Å²) in [6.07, 6.45) is 1.59.